The quantitative estimate of drug-likeness (QED) is 0.333. The van der Waals surface area contributed by atoms with E-state index in [2.05, 4.69) is 9.89 Å². The molecule has 2 N–H and O–H groups in total. The fourth-order valence-electron chi connectivity index (χ4n) is 3.01. The molecule has 0 aliphatic carbocycles. The van der Waals surface area contributed by atoms with E-state index in [1.165, 1.54) is 26.0 Å². The number of oxime groups is 1. The molecule has 6 nitrogen and oxygen atoms in total. The molecule has 0 heterocycles. The third kappa shape index (κ3) is 6.63. The van der Waals surface area contributed by atoms with Crippen LogP contribution in [-0.4, -0.2) is 34.0 Å². The summed E-state index contributed by atoms with van der Waals surface area (Å²) in [5.74, 6) is -0.946. The summed E-state index contributed by atoms with van der Waals surface area (Å²) in [5, 5.41) is 21.9. The minimum absolute atomic E-state index is 0.307. The van der Waals surface area contributed by atoms with Crippen molar-refractivity contribution in [2.24, 2.45) is 5.16 Å². The highest BCUT2D eigenvalue weighted by molar-refractivity contribution is 6.00. The van der Waals surface area contributed by atoms with Crippen molar-refractivity contribution in [2.75, 3.05) is 0 Å². The maximum absolute atomic E-state index is 12.3. The average Bonchev–Trinajstić information content (AvgIpc) is 2.65. The van der Waals surface area contributed by atoms with E-state index in [0.717, 1.165) is 28.8 Å². The average molecular weight is 439 g/mol. The summed E-state index contributed by atoms with van der Waals surface area (Å²) < 4.78 is 46.3. The standard InChI is InChI=1S/C22H24F3NO5/c1-13-11-15(12-14(2)19(13)31-21(3,4)20(27)28)5-10-18(26-29)16-6-8-17(9-7-16)30-22(23,24)25/h6-9,11-12,29H,5,10H2,1-4H3,(H,27,28)/b26-18-. The number of benzene rings is 2. The Labute approximate surface area is 177 Å². The Morgan fingerprint density at radius 3 is 2.03 bits per heavy atom. The van der Waals surface area contributed by atoms with Crippen molar-refractivity contribution in [3.05, 3.63) is 58.7 Å². The van der Waals surface area contributed by atoms with Gasteiger partial charge in [-0.05, 0) is 87.1 Å². The van der Waals surface area contributed by atoms with E-state index in [9.17, 15) is 28.3 Å². The Kier molecular flexibility index (Phi) is 7.20. The van der Waals surface area contributed by atoms with Crippen molar-refractivity contribution in [1.29, 1.82) is 0 Å². The second-order valence-electron chi connectivity index (χ2n) is 7.60. The van der Waals surface area contributed by atoms with Crippen LogP contribution in [0.3, 0.4) is 0 Å². The molecule has 0 aromatic heterocycles. The molecule has 0 saturated heterocycles. The number of carboxylic acids is 1. The summed E-state index contributed by atoms with van der Waals surface area (Å²) in [5.41, 5.74) is 1.83. The smallest absolute Gasteiger partial charge is 0.478 e. The van der Waals surface area contributed by atoms with Gasteiger partial charge in [0.1, 0.15) is 11.5 Å². The van der Waals surface area contributed by atoms with Crippen molar-refractivity contribution >= 4 is 11.7 Å². The normalized spacial score (nSPS) is 12.5. The Morgan fingerprint density at radius 1 is 1.03 bits per heavy atom. The van der Waals surface area contributed by atoms with Crippen LogP contribution >= 0.6 is 0 Å². The molecule has 0 fully saturated rings. The first-order valence-electron chi connectivity index (χ1n) is 9.42. The predicted octanol–water partition coefficient (Wildman–Crippen LogP) is 5.26. The molecule has 0 saturated carbocycles. The summed E-state index contributed by atoms with van der Waals surface area (Å²) in [4.78, 5) is 11.3. The lowest BCUT2D eigenvalue weighted by molar-refractivity contribution is -0.274. The number of nitrogens with zero attached hydrogens (tertiary/aromatic N) is 1. The lowest BCUT2D eigenvalue weighted by Gasteiger charge is -2.24. The van der Waals surface area contributed by atoms with E-state index in [4.69, 9.17) is 4.74 Å². The van der Waals surface area contributed by atoms with E-state index >= 15 is 0 Å². The molecule has 0 unspecified atom stereocenters. The maximum Gasteiger partial charge on any atom is 0.573 e. The first-order chi connectivity index (χ1) is 14.3. The monoisotopic (exact) mass is 439 g/mol. The van der Waals surface area contributed by atoms with E-state index in [0.29, 0.717) is 29.9 Å². The minimum atomic E-state index is -4.78. The number of halogens is 3. The molecule has 2 aromatic rings. The molecule has 0 bridgehead atoms. The van der Waals surface area contributed by atoms with E-state index in [-0.39, 0.29) is 5.75 Å². The molecule has 0 aliphatic heterocycles. The number of rotatable bonds is 8. The van der Waals surface area contributed by atoms with Crippen LogP contribution in [0.15, 0.2) is 41.6 Å². The van der Waals surface area contributed by atoms with Crippen LogP contribution < -0.4 is 9.47 Å². The van der Waals surface area contributed by atoms with E-state index < -0.39 is 17.9 Å². The topological polar surface area (TPSA) is 88.4 Å². The number of ether oxygens (including phenoxy) is 2. The number of hydrogen-bond acceptors (Lipinski definition) is 5. The van der Waals surface area contributed by atoms with Gasteiger partial charge in [0.2, 0.25) is 0 Å². The number of hydrogen-bond donors (Lipinski definition) is 2. The van der Waals surface area contributed by atoms with Gasteiger partial charge in [0.25, 0.3) is 0 Å². The van der Waals surface area contributed by atoms with E-state index in [1.807, 2.05) is 26.0 Å². The van der Waals surface area contributed by atoms with Crippen LogP contribution in [0.5, 0.6) is 11.5 Å². The summed E-state index contributed by atoms with van der Waals surface area (Å²) in [6, 6.07) is 8.79. The van der Waals surface area contributed by atoms with E-state index in [1.54, 1.807) is 0 Å². The highest BCUT2D eigenvalue weighted by Gasteiger charge is 2.31. The number of carboxylic acid groups (broad SMARTS) is 1. The number of aliphatic carboxylic acids is 1. The van der Waals surface area contributed by atoms with Crippen molar-refractivity contribution < 1.29 is 37.8 Å². The lowest BCUT2D eigenvalue weighted by Crippen LogP contribution is -2.38. The SMILES string of the molecule is Cc1cc(CC/C(=N/O)c2ccc(OC(F)(F)F)cc2)cc(C)c1OC(C)(C)C(=O)O. The van der Waals surface area contributed by atoms with Crippen molar-refractivity contribution in [2.45, 2.75) is 52.5 Å². The summed E-state index contributed by atoms with van der Waals surface area (Å²) in [6.45, 7) is 6.56. The second-order valence-corrected chi connectivity index (χ2v) is 7.60. The number of alkyl halides is 3. The maximum atomic E-state index is 12.3. The lowest BCUT2D eigenvalue weighted by atomic mass is 9.98. The predicted molar refractivity (Wildman–Crippen MR) is 108 cm³/mol. The number of aryl methyl sites for hydroxylation is 3. The molecule has 168 valence electrons. The molecule has 0 atom stereocenters. The number of carbonyl (C=O) groups is 1. The molecule has 0 spiro atoms. The molecule has 2 rings (SSSR count). The zero-order valence-electron chi connectivity index (χ0n) is 17.6. The van der Waals surface area contributed by atoms with Gasteiger partial charge in [0, 0.05) is 0 Å². The Balaban J connectivity index is 2.12. The van der Waals surface area contributed by atoms with Crippen LogP contribution in [0.4, 0.5) is 13.2 Å². The Bertz CT molecular complexity index is 943. The molecule has 31 heavy (non-hydrogen) atoms. The zero-order chi connectivity index (χ0) is 23.4. The Hall–Kier alpha value is -3.23. The summed E-state index contributed by atoms with van der Waals surface area (Å²) in [7, 11) is 0. The molecule has 0 radical (unpaired) electrons. The van der Waals surface area contributed by atoms with Gasteiger partial charge in [0.15, 0.2) is 5.60 Å². The van der Waals surface area contributed by atoms with Crippen LogP contribution in [0, 0.1) is 13.8 Å². The largest absolute Gasteiger partial charge is 0.573 e. The molecule has 2 aromatic carbocycles. The highest BCUT2D eigenvalue weighted by atomic mass is 19.4. The van der Waals surface area contributed by atoms with Crippen LogP contribution in [0.1, 0.15) is 42.5 Å². The fraction of sp³-hybridized carbons (Fsp3) is 0.364. The fourth-order valence-corrected chi connectivity index (χ4v) is 3.01. The van der Waals surface area contributed by atoms with Crippen molar-refractivity contribution in [3.63, 3.8) is 0 Å². The first kappa shape index (κ1) is 24.0. The third-order valence-corrected chi connectivity index (χ3v) is 4.58. The van der Waals surface area contributed by atoms with Gasteiger partial charge in [-0.1, -0.05) is 17.3 Å². The summed E-state index contributed by atoms with van der Waals surface area (Å²) >= 11 is 0. The van der Waals surface area contributed by atoms with Gasteiger partial charge >= 0.3 is 12.3 Å². The van der Waals surface area contributed by atoms with Gasteiger partial charge in [0.05, 0.1) is 5.71 Å². The molecular formula is C22H24F3NO5. The minimum Gasteiger partial charge on any atom is -0.478 e. The van der Waals surface area contributed by atoms with Gasteiger partial charge < -0.3 is 19.8 Å². The first-order valence-corrected chi connectivity index (χ1v) is 9.42. The van der Waals surface area contributed by atoms with Crippen LogP contribution in [0.25, 0.3) is 0 Å². The zero-order valence-corrected chi connectivity index (χ0v) is 17.6. The third-order valence-electron chi connectivity index (χ3n) is 4.58. The van der Waals surface area contributed by atoms with Gasteiger partial charge in [-0.15, -0.1) is 13.2 Å². The van der Waals surface area contributed by atoms with Gasteiger partial charge in [-0.25, -0.2) is 4.79 Å². The molecule has 0 amide bonds. The molecular weight excluding hydrogens is 415 g/mol. The van der Waals surface area contributed by atoms with Gasteiger partial charge in [-0.2, -0.15) is 0 Å². The van der Waals surface area contributed by atoms with Gasteiger partial charge in [-0.3, -0.25) is 0 Å². The van der Waals surface area contributed by atoms with Crippen molar-refractivity contribution in [1.82, 2.24) is 0 Å². The highest BCUT2D eigenvalue weighted by Crippen LogP contribution is 2.29. The van der Waals surface area contributed by atoms with Crippen LogP contribution in [0.2, 0.25) is 0 Å². The molecule has 0 aliphatic rings. The van der Waals surface area contributed by atoms with Crippen LogP contribution in [-0.2, 0) is 11.2 Å². The molecule has 9 heteroatoms. The Morgan fingerprint density at radius 2 is 1.58 bits per heavy atom. The second kappa shape index (κ2) is 9.28. The summed E-state index contributed by atoms with van der Waals surface area (Å²) in [6.07, 6.45) is -3.96. The van der Waals surface area contributed by atoms with Crippen molar-refractivity contribution in [3.8, 4) is 11.5 Å².